The van der Waals surface area contributed by atoms with Crippen LogP contribution in [-0.2, 0) is 41.4 Å². The summed E-state index contributed by atoms with van der Waals surface area (Å²) < 4.78 is 64.8. The average molecular weight is 675 g/mol. The molecule has 2 amide bonds. The molecule has 0 bridgehead atoms. The van der Waals surface area contributed by atoms with Crippen molar-refractivity contribution in [2.75, 3.05) is 18.6 Å². The first-order valence-corrected chi connectivity index (χ1v) is 16.9. The second-order valence-corrected chi connectivity index (χ2v) is 14.9. The van der Waals surface area contributed by atoms with Crippen molar-refractivity contribution in [3.63, 3.8) is 0 Å². The van der Waals surface area contributed by atoms with Crippen LogP contribution in [0.4, 0.5) is 18.4 Å². The predicted molar refractivity (Wildman–Crippen MR) is 170 cm³/mol. The van der Waals surface area contributed by atoms with Gasteiger partial charge in [-0.3, -0.25) is 8.98 Å². The molecule has 0 saturated carbocycles. The van der Waals surface area contributed by atoms with Crippen LogP contribution in [0, 0.1) is 11.6 Å². The highest BCUT2D eigenvalue weighted by atomic mass is 32.2. The Balaban J connectivity index is 0.000000450. The molecule has 252 valence electrons. The van der Waals surface area contributed by atoms with E-state index in [1.165, 1.54) is 19.1 Å². The van der Waals surface area contributed by atoms with E-state index in [1.807, 2.05) is 0 Å². The summed E-state index contributed by atoms with van der Waals surface area (Å²) in [5.74, 6) is -0.405. The molecule has 0 unspecified atom stereocenters. The van der Waals surface area contributed by atoms with Crippen molar-refractivity contribution in [1.82, 2.24) is 10.6 Å². The normalized spacial score (nSPS) is 13.0. The monoisotopic (exact) mass is 674 g/mol. The van der Waals surface area contributed by atoms with Crippen LogP contribution in [0.1, 0.15) is 59.6 Å². The number of halogens is 2. The minimum atomic E-state index is -3.68. The van der Waals surface area contributed by atoms with E-state index in [4.69, 9.17) is 13.7 Å². The second kappa shape index (κ2) is 18.1. The number of hydrogen-bond acceptors (Lipinski definition) is 9. The molecule has 0 aromatic heterocycles. The van der Waals surface area contributed by atoms with Gasteiger partial charge in [0.15, 0.2) is 5.12 Å². The van der Waals surface area contributed by atoms with Crippen molar-refractivity contribution < 1.29 is 45.2 Å². The Hall–Kier alpha value is -3.23. The van der Waals surface area contributed by atoms with E-state index in [2.05, 4.69) is 10.6 Å². The van der Waals surface area contributed by atoms with Gasteiger partial charge >= 0.3 is 12.2 Å². The number of rotatable bonds is 11. The average Bonchev–Trinajstić information content (AvgIpc) is 2.86. The van der Waals surface area contributed by atoms with Crippen molar-refractivity contribution >= 4 is 39.2 Å². The van der Waals surface area contributed by atoms with Gasteiger partial charge in [-0.05, 0) is 77.6 Å². The van der Waals surface area contributed by atoms with E-state index in [-0.39, 0.29) is 30.0 Å². The van der Waals surface area contributed by atoms with Gasteiger partial charge in [-0.15, -0.1) is 0 Å². The first kappa shape index (κ1) is 39.8. The number of ether oxygens (including phenoxy) is 2. The Bertz CT molecular complexity index is 1380. The van der Waals surface area contributed by atoms with Crippen LogP contribution in [-0.4, -0.2) is 67.6 Å². The molecule has 0 spiro atoms. The summed E-state index contributed by atoms with van der Waals surface area (Å²) in [6, 6.07) is 11.3. The fourth-order valence-electron chi connectivity index (χ4n) is 3.53. The SMILES string of the molecule is CC(=O)SC[C@H](Cc1ccccc1F)NC(=O)OC(C)(C)C.CC(C)(C)OC(=O)N[C@H](COS(C)(=O)=O)Cc1ccccc1F. The van der Waals surface area contributed by atoms with Crippen molar-refractivity contribution in [3.8, 4) is 0 Å². The molecular formula is C31H44F2N2O8S2. The topological polar surface area (TPSA) is 137 Å². The lowest BCUT2D eigenvalue weighted by molar-refractivity contribution is -0.109. The van der Waals surface area contributed by atoms with Crippen molar-refractivity contribution in [2.45, 2.75) is 84.6 Å². The van der Waals surface area contributed by atoms with Gasteiger partial charge in [0.2, 0.25) is 0 Å². The van der Waals surface area contributed by atoms with Crippen molar-refractivity contribution in [2.24, 2.45) is 0 Å². The molecule has 0 aliphatic rings. The number of carbonyl (C=O) groups is 3. The molecule has 2 aromatic rings. The van der Waals surface area contributed by atoms with Gasteiger partial charge in [0.1, 0.15) is 22.8 Å². The molecule has 2 atom stereocenters. The van der Waals surface area contributed by atoms with Gasteiger partial charge in [0.05, 0.1) is 18.9 Å². The molecule has 2 aromatic carbocycles. The highest BCUT2D eigenvalue weighted by Crippen LogP contribution is 2.15. The highest BCUT2D eigenvalue weighted by molar-refractivity contribution is 8.13. The summed E-state index contributed by atoms with van der Waals surface area (Å²) in [6.45, 7) is 11.5. The zero-order valence-corrected chi connectivity index (χ0v) is 28.6. The molecule has 0 aliphatic heterocycles. The Morgan fingerprint density at radius 1 is 0.778 bits per heavy atom. The third-order valence-electron chi connectivity index (χ3n) is 5.26. The number of thioether (sulfide) groups is 1. The van der Waals surface area contributed by atoms with E-state index >= 15 is 0 Å². The smallest absolute Gasteiger partial charge is 0.407 e. The van der Waals surface area contributed by atoms with Crippen LogP contribution in [0.25, 0.3) is 0 Å². The summed E-state index contributed by atoms with van der Waals surface area (Å²) >= 11 is 1.09. The molecule has 45 heavy (non-hydrogen) atoms. The Labute approximate surface area is 269 Å². The van der Waals surface area contributed by atoms with E-state index < -0.39 is 45.4 Å². The van der Waals surface area contributed by atoms with E-state index in [0.717, 1.165) is 18.0 Å². The summed E-state index contributed by atoms with van der Waals surface area (Å²) in [5, 5.41) is 5.16. The Morgan fingerprint density at radius 3 is 1.56 bits per heavy atom. The molecular weight excluding hydrogens is 630 g/mol. The number of amides is 2. The lowest BCUT2D eigenvalue weighted by Crippen LogP contribution is -2.43. The minimum Gasteiger partial charge on any atom is -0.444 e. The van der Waals surface area contributed by atoms with Gasteiger partial charge in [0.25, 0.3) is 10.1 Å². The lowest BCUT2D eigenvalue weighted by atomic mass is 10.1. The molecule has 0 saturated heterocycles. The van der Waals surface area contributed by atoms with Gasteiger partial charge in [0, 0.05) is 18.7 Å². The van der Waals surface area contributed by atoms with Crippen LogP contribution in [0.2, 0.25) is 0 Å². The van der Waals surface area contributed by atoms with Gasteiger partial charge < -0.3 is 20.1 Å². The first-order valence-electron chi connectivity index (χ1n) is 14.1. The summed E-state index contributed by atoms with van der Waals surface area (Å²) in [4.78, 5) is 34.8. The van der Waals surface area contributed by atoms with Crippen LogP contribution in [0.5, 0.6) is 0 Å². The van der Waals surface area contributed by atoms with Crippen LogP contribution < -0.4 is 10.6 Å². The number of nitrogens with one attached hydrogen (secondary N) is 2. The molecule has 2 rings (SSSR count). The zero-order valence-electron chi connectivity index (χ0n) is 26.9. The van der Waals surface area contributed by atoms with Crippen molar-refractivity contribution in [1.29, 1.82) is 0 Å². The maximum absolute atomic E-state index is 13.7. The number of hydrogen-bond donors (Lipinski definition) is 2. The molecule has 0 radical (unpaired) electrons. The third kappa shape index (κ3) is 19.7. The molecule has 0 heterocycles. The maximum atomic E-state index is 13.7. The van der Waals surface area contributed by atoms with Gasteiger partial charge in [-0.2, -0.15) is 8.42 Å². The number of carbonyl (C=O) groups excluding carboxylic acids is 3. The molecule has 10 nitrogen and oxygen atoms in total. The van der Waals surface area contributed by atoms with E-state index in [0.29, 0.717) is 23.3 Å². The highest BCUT2D eigenvalue weighted by Gasteiger charge is 2.23. The first-order chi connectivity index (χ1) is 20.6. The largest absolute Gasteiger partial charge is 0.444 e. The summed E-state index contributed by atoms with van der Waals surface area (Å²) in [6.07, 6.45) is -0.0252. The standard InChI is InChI=1S/C16H22FNO3S.C15H22FNO5S/c1-11(19)22-10-13(18-15(20)21-16(2,3)4)9-12-7-5-6-8-14(12)17;1-15(2,3)22-14(18)17-12(10-21-23(4,19)20)9-11-7-5-6-8-13(11)16/h5-8,13H,9-10H2,1-4H3,(H,18,20);5-8,12H,9-10H2,1-4H3,(H,17,18)/t13-;12-/m00/s1. The fourth-order valence-corrected chi connectivity index (χ4v) is 4.58. The molecule has 14 heteroatoms. The third-order valence-corrected chi connectivity index (χ3v) is 6.80. The van der Waals surface area contributed by atoms with Gasteiger partial charge in [-0.1, -0.05) is 48.2 Å². The summed E-state index contributed by atoms with van der Waals surface area (Å²) in [7, 11) is -3.68. The van der Waals surface area contributed by atoms with Crippen LogP contribution in [0.3, 0.4) is 0 Å². The van der Waals surface area contributed by atoms with E-state index in [9.17, 15) is 31.6 Å². The van der Waals surface area contributed by atoms with Crippen LogP contribution in [0.15, 0.2) is 48.5 Å². The molecule has 0 aliphatic carbocycles. The fraction of sp³-hybridized carbons (Fsp3) is 0.516. The molecule has 0 fully saturated rings. The zero-order chi connectivity index (χ0) is 34.4. The quantitative estimate of drug-likeness (QED) is 0.284. The number of benzene rings is 2. The predicted octanol–water partition coefficient (Wildman–Crippen LogP) is 5.78. The van der Waals surface area contributed by atoms with E-state index in [1.54, 1.807) is 77.9 Å². The minimum absolute atomic E-state index is 0.0514. The Morgan fingerprint density at radius 2 is 1.18 bits per heavy atom. The summed E-state index contributed by atoms with van der Waals surface area (Å²) in [5.41, 5.74) is -0.483. The second-order valence-electron chi connectivity index (χ2n) is 12.1. The Kier molecular flexibility index (Phi) is 16.0. The van der Waals surface area contributed by atoms with Crippen molar-refractivity contribution in [3.05, 3.63) is 71.3 Å². The number of alkyl carbamates (subject to hydrolysis) is 2. The van der Waals surface area contributed by atoms with Crippen LogP contribution >= 0.6 is 11.8 Å². The molecule has 2 N–H and O–H groups in total. The maximum Gasteiger partial charge on any atom is 0.407 e. The lowest BCUT2D eigenvalue weighted by Gasteiger charge is -2.23. The van der Waals surface area contributed by atoms with Gasteiger partial charge in [-0.25, -0.2) is 18.4 Å².